The Balaban J connectivity index is 2.22. The second-order valence-corrected chi connectivity index (χ2v) is 5.10. The largest absolute Gasteiger partial charge is 0.437 e. The number of nitrogen functional groups attached to an aromatic ring is 1. The Morgan fingerprint density at radius 3 is 2.45 bits per heavy atom. The van der Waals surface area contributed by atoms with E-state index >= 15 is 0 Å². The van der Waals surface area contributed by atoms with Gasteiger partial charge in [-0.05, 0) is 43.9 Å². The van der Waals surface area contributed by atoms with Gasteiger partial charge in [0.05, 0.1) is 5.69 Å². The number of hydrogen-bond donors (Lipinski definition) is 1. The lowest BCUT2D eigenvalue weighted by Crippen LogP contribution is -2.01. The van der Waals surface area contributed by atoms with E-state index in [0.29, 0.717) is 17.5 Å². The summed E-state index contributed by atoms with van der Waals surface area (Å²) in [6.45, 7) is 9.06. The minimum absolute atomic E-state index is 0.567. The Labute approximate surface area is 120 Å². The zero-order valence-electron chi connectivity index (χ0n) is 12.7. The smallest absolute Gasteiger partial charge is 0.241 e. The van der Waals surface area contributed by atoms with Crippen LogP contribution in [0.1, 0.15) is 44.4 Å². The zero-order chi connectivity index (χ0) is 14.7. The lowest BCUT2D eigenvalue weighted by molar-refractivity contribution is 0.418. The third-order valence-electron chi connectivity index (χ3n) is 3.70. The molecule has 4 nitrogen and oxygen atoms in total. The maximum atomic E-state index is 6.02. The molecule has 2 rings (SSSR count). The number of nitrogens with two attached hydrogens (primary N) is 1. The predicted octanol–water partition coefficient (Wildman–Crippen LogP) is 4.10. The summed E-state index contributed by atoms with van der Waals surface area (Å²) in [5.41, 5.74) is 8.76. The number of nitrogens with zero attached hydrogens (tertiary/aromatic N) is 2. The van der Waals surface area contributed by atoms with E-state index in [1.165, 1.54) is 5.56 Å². The summed E-state index contributed by atoms with van der Waals surface area (Å²) in [6, 6.07) is 8.20. The van der Waals surface area contributed by atoms with Crippen LogP contribution in [0.4, 0.5) is 5.69 Å². The normalized spacial score (nSPS) is 12.4. The van der Waals surface area contributed by atoms with Gasteiger partial charge < -0.3 is 10.5 Å². The number of benzene rings is 1. The molecule has 0 aliphatic heterocycles. The van der Waals surface area contributed by atoms with Crippen molar-refractivity contribution in [3.05, 3.63) is 35.5 Å². The predicted molar refractivity (Wildman–Crippen MR) is 82.3 cm³/mol. The fraction of sp³-hybridized carbons (Fsp3) is 0.438. The fourth-order valence-corrected chi connectivity index (χ4v) is 2.11. The molecule has 0 bridgehead atoms. The topological polar surface area (TPSA) is 53.1 Å². The van der Waals surface area contributed by atoms with Gasteiger partial charge in [-0.2, -0.15) is 5.10 Å². The number of aromatic nitrogens is 2. The molecule has 0 radical (unpaired) electrons. The molecule has 1 aromatic heterocycles. The standard InChI is InChI=1S/C16H23N3O/c1-5-11(3)13-7-9-14(10-8-13)20-16-15(17)12(4)18-19(16)6-2/h7-11H,5-6,17H2,1-4H3. The van der Waals surface area contributed by atoms with Crippen LogP contribution in [0.2, 0.25) is 0 Å². The second kappa shape index (κ2) is 5.99. The van der Waals surface area contributed by atoms with E-state index in [1.54, 1.807) is 4.68 Å². The summed E-state index contributed by atoms with van der Waals surface area (Å²) in [5, 5.41) is 4.35. The first-order valence-electron chi connectivity index (χ1n) is 7.17. The quantitative estimate of drug-likeness (QED) is 0.892. The molecule has 0 aliphatic rings. The third-order valence-corrected chi connectivity index (χ3v) is 3.70. The summed E-state index contributed by atoms with van der Waals surface area (Å²) in [5.74, 6) is 1.98. The second-order valence-electron chi connectivity index (χ2n) is 5.10. The molecule has 0 fully saturated rings. The molecule has 2 N–H and O–H groups in total. The first-order chi connectivity index (χ1) is 9.56. The van der Waals surface area contributed by atoms with Crippen LogP contribution in [-0.2, 0) is 6.54 Å². The monoisotopic (exact) mass is 273 g/mol. The van der Waals surface area contributed by atoms with Gasteiger partial charge in [-0.25, -0.2) is 4.68 Å². The van der Waals surface area contributed by atoms with Crippen LogP contribution < -0.4 is 10.5 Å². The van der Waals surface area contributed by atoms with Gasteiger partial charge in [-0.1, -0.05) is 26.0 Å². The molecule has 0 saturated heterocycles. The molecule has 1 heterocycles. The Hall–Kier alpha value is -1.97. The van der Waals surface area contributed by atoms with Crippen molar-refractivity contribution in [2.45, 2.75) is 46.6 Å². The summed E-state index contributed by atoms with van der Waals surface area (Å²) in [7, 11) is 0. The molecule has 20 heavy (non-hydrogen) atoms. The van der Waals surface area contributed by atoms with Gasteiger partial charge in [0.2, 0.25) is 5.88 Å². The first kappa shape index (κ1) is 14.4. The number of anilines is 1. The van der Waals surface area contributed by atoms with Gasteiger partial charge in [0.1, 0.15) is 11.4 Å². The van der Waals surface area contributed by atoms with Gasteiger partial charge in [0, 0.05) is 6.54 Å². The molecule has 0 saturated carbocycles. The van der Waals surface area contributed by atoms with Crippen molar-refractivity contribution in [1.82, 2.24) is 9.78 Å². The first-order valence-corrected chi connectivity index (χ1v) is 7.17. The maximum Gasteiger partial charge on any atom is 0.241 e. The molecule has 2 aromatic rings. The Morgan fingerprint density at radius 2 is 1.90 bits per heavy atom. The lowest BCUT2D eigenvalue weighted by atomic mass is 9.99. The SMILES string of the molecule is CCC(C)c1ccc(Oc2c(N)c(C)nn2CC)cc1. The average Bonchev–Trinajstić information content (AvgIpc) is 2.75. The molecule has 0 amide bonds. The van der Waals surface area contributed by atoms with Crippen LogP contribution >= 0.6 is 0 Å². The van der Waals surface area contributed by atoms with Crippen LogP contribution in [-0.4, -0.2) is 9.78 Å². The lowest BCUT2D eigenvalue weighted by Gasteiger charge is -2.11. The molecule has 0 spiro atoms. The molecule has 1 unspecified atom stereocenters. The van der Waals surface area contributed by atoms with Crippen LogP contribution in [0.25, 0.3) is 0 Å². The Kier molecular flexibility index (Phi) is 4.32. The van der Waals surface area contributed by atoms with Crippen molar-refractivity contribution in [2.24, 2.45) is 0 Å². The summed E-state index contributed by atoms with van der Waals surface area (Å²) in [4.78, 5) is 0. The molecule has 1 aromatic carbocycles. The molecule has 1 atom stereocenters. The van der Waals surface area contributed by atoms with Crippen molar-refractivity contribution in [3.8, 4) is 11.6 Å². The summed E-state index contributed by atoms with van der Waals surface area (Å²) < 4.78 is 7.68. The minimum atomic E-state index is 0.567. The van der Waals surface area contributed by atoms with Crippen LogP contribution in [0.15, 0.2) is 24.3 Å². The van der Waals surface area contributed by atoms with E-state index in [4.69, 9.17) is 10.5 Å². The van der Waals surface area contributed by atoms with E-state index in [0.717, 1.165) is 24.4 Å². The van der Waals surface area contributed by atoms with Crippen molar-refractivity contribution >= 4 is 5.69 Å². The Bertz CT molecular complexity index is 572. The minimum Gasteiger partial charge on any atom is -0.437 e. The molecule has 0 aliphatic carbocycles. The summed E-state index contributed by atoms with van der Waals surface area (Å²) >= 11 is 0. The number of hydrogen-bond acceptors (Lipinski definition) is 3. The maximum absolute atomic E-state index is 6.02. The van der Waals surface area contributed by atoms with E-state index in [9.17, 15) is 0 Å². The van der Waals surface area contributed by atoms with Crippen LogP contribution in [0.5, 0.6) is 11.6 Å². The van der Waals surface area contributed by atoms with E-state index in [2.05, 4.69) is 31.1 Å². The van der Waals surface area contributed by atoms with Gasteiger partial charge in [0.15, 0.2) is 0 Å². The molecular formula is C16H23N3O. The molecular weight excluding hydrogens is 250 g/mol. The van der Waals surface area contributed by atoms with Crippen LogP contribution in [0.3, 0.4) is 0 Å². The van der Waals surface area contributed by atoms with E-state index in [-0.39, 0.29) is 0 Å². The highest BCUT2D eigenvalue weighted by Gasteiger charge is 2.14. The van der Waals surface area contributed by atoms with Gasteiger partial charge in [-0.15, -0.1) is 0 Å². The number of aryl methyl sites for hydroxylation is 2. The van der Waals surface area contributed by atoms with Gasteiger partial charge in [0.25, 0.3) is 0 Å². The average molecular weight is 273 g/mol. The van der Waals surface area contributed by atoms with Crippen LogP contribution in [0, 0.1) is 6.92 Å². The zero-order valence-corrected chi connectivity index (χ0v) is 12.7. The van der Waals surface area contributed by atoms with Crippen molar-refractivity contribution < 1.29 is 4.74 Å². The fourth-order valence-electron chi connectivity index (χ4n) is 2.11. The number of rotatable bonds is 5. The summed E-state index contributed by atoms with van der Waals surface area (Å²) in [6.07, 6.45) is 1.13. The van der Waals surface area contributed by atoms with E-state index in [1.807, 2.05) is 26.0 Å². The molecule has 4 heteroatoms. The highest BCUT2D eigenvalue weighted by molar-refractivity contribution is 5.54. The van der Waals surface area contributed by atoms with E-state index < -0.39 is 0 Å². The third kappa shape index (κ3) is 2.79. The highest BCUT2D eigenvalue weighted by atomic mass is 16.5. The number of ether oxygens (including phenoxy) is 1. The van der Waals surface area contributed by atoms with Crippen molar-refractivity contribution in [3.63, 3.8) is 0 Å². The van der Waals surface area contributed by atoms with Gasteiger partial charge in [-0.3, -0.25) is 0 Å². The van der Waals surface area contributed by atoms with Gasteiger partial charge >= 0.3 is 0 Å². The van der Waals surface area contributed by atoms with Crippen molar-refractivity contribution in [2.75, 3.05) is 5.73 Å². The van der Waals surface area contributed by atoms with Crippen molar-refractivity contribution in [1.29, 1.82) is 0 Å². The Morgan fingerprint density at radius 1 is 1.25 bits per heavy atom. The highest BCUT2D eigenvalue weighted by Crippen LogP contribution is 2.30. The molecule has 108 valence electrons.